The molecular formula is C18H17F3N2O5S2. The smallest absolute Gasteiger partial charge is 0.270 e. The molecule has 3 rings (SSSR count). The third kappa shape index (κ3) is 4.75. The third-order valence-electron chi connectivity index (χ3n) is 4.44. The Labute approximate surface area is 171 Å². The van der Waals surface area contributed by atoms with Crippen LogP contribution in [0, 0.1) is 0 Å². The van der Waals surface area contributed by atoms with Crippen LogP contribution in [0.15, 0.2) is 53.4 Å². The van der Waals surface area contributed by atoms with E-state index in [1.807, 2.05) is 0 Å². The SMILES string of the molecule is O=C(NS(=O)(=O)c1cccc(C(F)(F)F)c1)c1cccc(N2CCCCS2(=O)=O)c1. The number of benzene rings is 2. The molecule has 0 saturated carbocycles. The summed E-state index contributed by atoms with van der Waals surface area (Å²) in [6, 6.07) is 8.35. The average Bonchev–Trinajstić information content (AvgIpc) is 2.67. The first kappa shape index (κ1) is 22.1. The normalized spacial score (nSPS) is 16.8. The van der Waals surface area contributed by atoms with Gasteiger partial charge in [0.25, 0.3) is 15.9 Å². The fraction of sp³-hybridized carbons (Fsp3) is 0.278. The number of rotatable bonds is 4. The van der Waals surface area contributed by atoms with Crippen LogP contribution in [0.4, 0.5) is 18.9 Å². The Bertz CT molecular complexity index is 1180. The van der Waals surface area contributed by atoms with E-state index in [-0.39, 0.29) is 23.5 Å². The minimum absolute atomic E-state index is 0.0344. The van der Waals surface area contributed by atoms with Gasteiger partial charge in [0.05, 0.1) is 21.9 Å². The summed E-state index contributed by atoms with van der Waals surface area (Å²) in [6.07, 6.45) is -3.59. The van der Waals surface area contributed by atoms with Gasteiger partial charge in [-0.3, -0.25) is 9.10 Å². The van der Waals surface area contributed by atoms with Gasteiger partial charge in [-0.25, -0.2) is 21.6 Å². The lowest BCUT2D eigenvalue weighted by atomic mass is 10.2. The first-order valence-corrected chi connectivity index (χ1v) is 11.8. The molecule has 2 aromatic rings. The molecule has 0 aromatic heterocycles. The molecule has 1 aliphatic heterocycles. The van der Waals surface area contributed by atoms with E-state index in [9.17, 15) is 34.8 Å². The Kier molecular flexibility index (Phi) is 5.83. The fourth-order valence-electron chi connectivity index (χ4n) is 2.96. The molecule has 7 nitrogen and oxygen atoms in total. The minimum atomic E-state index is -4.75. The van der Waals surface area contributed by atoms with E-state index in [0.29, 0.717) is 25.0 Å². The summed E-state index contributed by atoms with van der Waals surface area (Å²) in [5.74, 6) is -1.13. The van der Waals surface area contributed by atoms with Crippen molar-refractivity contribution in [3.63, 3.8) is 0 Å². The number of hydrogen-bond donors (Lipinski definition) is 1. The minimum Gasteiger partial charge on any atom is -0.270 e. The largest absolute Gasteiger partial charge is 0.416 e. The summed E-state index contributed by atoms with van der Waals surface area (Å²) < 4.78 is 90.6. The Balaban J connectivity index is 1.86. The molecule has 1 heterocycles. The van der Waals surface area contributed by atoms with Crippen molar-refractivity contribution in [3.05, 3.63) is 59.7 Å². The van der Waals surface area contributed by atoms with Gasteiger partial charge in [-0.2, -0.15) is 13.2 Å². The summed E-state index contributed by atoms with van der Waals surface area (Å²) in [5, 5.41) is 0. The third-order valence-corrected chi connectivity index (χ3v) is 7.64. The van der Waals surface area contributed by atoms with Gasteiger partial charge in [0, 0.05) is 12.1 Å². The highest BCUT2D eigenvalue weighted by atomic mass is 32.2. The van der Waals surface area contributed by atoms with Crippen LogP contribution in [-0.4, -0.2) is 35.0 Å². The maximum Gasteiger partial charge on any atom is 0.416 e. The molecule has 0 radical (unpaired) electrons. The molecule has 0 bridgehead atoms. The van der Waals surface area contributed by atoms with Crippen molar-refractivity contribution in [1.29, 1.82) is 0 Å². The lowest BCUT2D eigenvalue weighted by Crippen LogP contribution is -2.38. The van der Waals surface area contributed by atoms with Crippen LogP contribution < -0.4 is 9.03 Å². The van der Waals surface area contributed by atoms with Crippen molar-refractivity contribution in [1.82, 2.24) is 4.72 Å². The Morgan fingerprint density at radius 2 is 1.73 bits per heavy atom. The van der Waals surface area contributed by atoms with Crippen LogP contribution in [0.1, 0.15) is 28.8 Å². The first-order chi connectivity index (χ1) is 13.9. The zero-order valence-corrected chi connectivity index (χ0v) is 17.0. The van der Waals surface area contributed by atoms with E-state index in [1.165, 1.54) is 24.3 Å². The highest BCUT2D eigenvalue weighted by Crippen LogP contribution is 2.30. The first-order valence-electron chi connectivity index (χ1n) is 8.75. The number of carbonyl (C=O) groups is 1. The quantitative estimate of drug-likeness (QED) is 0.753. The molecule has 30 heavy (non-hydrogen) atoms. The van der Waals surface area contributed by atoms with Crippen LogP contribution in [0.2, 0.25) is 0 Å². The second-order valence-electron chi connectivity index (χ2n) is 6.61. The Morgan fingerprint density at radius 1 is 1.03 bits per heavy atom. The van der Waals surface area contributed by atoms with Crippen molar-refractivity contribution in [2.24, 2.45) is 0 Å². The van der Waals surface area contributed by atoms with E-state index in [2.05, 4.69) is 0 Å². The van der Waals surface area contributed by atoms with Gasteiger partial charge < -0.3 is 0 Å². The molecule has 0 aliphatic carbocycles. The number of nitrogens with zero attached hydrogens (tertiary/aromatic N) is 1. The second kappa shape index (κ2) is 7.91. The monoisotopic (exact) mass is 462 g/mol. The highest BCUT2D eigenvalue weighted by Gasteiger charge is 2.32. The number of nitrogens with one attached hydrogen (secondary N) is 1. The Morgan fingerprint density at radius 3 is 2.40 bits per heavy atom. The summed E-state index contributed by atoms with van der Waals surface area (Å²) in [6.45, 7) is 0.232. The zero-order chi connectivity index (χ0) is 22.2. The van der Waals surface area contributed by atoms with Crippen LogP contribution in [0.25, 0.3) is 0 Å². The lowest BCUT2D eigenvalue weighted by Gasteiger charge is -2.28. The van der Waals surface area contributed by atoms with Crippen molar-refractivity contribution >= 4 is 31.6 Å². The lowest BCUT2D eigenvalue weighted by molar-refractivity contribution is -0.137. The number of anilines is 1. The molecule has 1 saturated heterocycles. The molecule has 162 valence electrons. The number of amides is 1. The predicted molar refractivity (Wildman–Crippen MR) is 103 cm³/mol. The van der Waals surface area contributed by atoms with Crippen molar-refractivity contribution in [3.8, 4) is 0 Å². The maximum atomic E-state index is 12.8. The van der Waals surface area contributed by atoms with E-state index in [0.717, 1.165) is 16.4 Å². The molecule has 0 spiro atoms. The second-order valence-corrected chi connectivity index (χ2v) is 10.3. The summed E-state index contributed by atoms with van der Waals surface area (Å²) in [7, 11) is -8.12. The van der Waals surface area contributed by atoms with E-state index in [4.69, 9.17) is 0 Å². The molecule has 0 unspecified atom stereocenters. The number of hydrogen-bond acceptors (Lipinski definition) is 5. The number of alkyl halides is 3. The van der Waals surface area contributed by atoms with Gasteiger partial charge in [-0.15, -0.1) is 0 Å². The van der Waals surface area contributed by atoms with Gasteiger partial charge in [0.15, 0.2) is 0 Å². The van der Waals surface area contributed by atoms with E-state index >= 15 is 0 Å². The van der Waals surface area contributed by atoms with Crippen molar-refractivity contribution in [2.75, 3.05) is 16.6 Å². The van der Waals surface area contributed by atoms with Gasteiger partial charge in [-0.1, -0.05) is 12.1 Å². The van der Waals surface area contributed by atoms with Gasteiger partial charge in [0.2, 0.25) is 10.0 Å². The molecule has 1 fully saturated rings. The molecule has 0 atom stereocenters. The van der Waals surface area contributed by atoms with Gasteiger partial charge >= 0.3 is 6.18 Å². The summed E-state index contributed by atoms with van der Waals surface area (Å²) in [5.41, 5.74) is -1.11. The predicted octanol–water partition coefficient (Wildman–Crippen LogP) is 2.75. The maximum absolute atomic E-state index is 12.8. The molecule has 1 N–H and O–H groups in total. The van der Waals surface area contributed by atoms with Crippen LogP contribution in [0.3, 0.4) is 0 Å². The number of sulfonamides is 2. The van der Waals surface area contributed by atoms with Gasteiger partial charge in [0.1, 0.15) is 0 Å². The molecule has 12 heteroatoms. The highest BCUT2D eigenvalue weighted by molar-refractivity contribution is 7.92. The summed E-state index contributed by atoms with van der Waals surface area (Å²) in [4.78, 5) is 11.7. The molecular weight excluding hydrogens is 445 g/mol. The summed E-state index contributed by atoms with van der Waals surface area (Å²) >= 11 is 0. The van der Waals surface area contributed by atoms with Crippen molar-refractivity contribution < 1.29 is 34.8 Å². The Hall–Kier alpha value is -2.60. The number of halogens is 3. The zero-order valence-electron chi connectivity index (χ0n) is 15.4. The molecule has 1 aliphatic rings. The number of carbonyl (C=O) groups excluding carboxylic acids is 1. The topological polar surface area (TPSA) is 101 Å². The standard InChI is InChI=1S/C18H17F3N2O5S2/c19-18(20,21)14-6-4-8-16(12-14)30(27,28)22-17(24)13-5-3-7-15(11-13)23-9-1-2-10-29(23,25)26/h3-8,11-12H,1-2,9-10H2,(H,22,24). The van der Waals surface area contributed by atoms with Crippen LogP contribution >= 0.6 is 0 Å². The molecule has 2 aromatic carbocycles. The van der Waals surface area contributed by atoms with E-state index in [1.54, 1.807) is 4.72 Å². The van der Waals surface area contributed by atoms with E-state index < -0.39 is 42.6 Å². The van der Waals surface area contributed by atoms with Crippen LogP contribution in [-0.2, 0) is 26.2 Å². The fourth-order valence-corrected chi connectivity index (χ4v) is 5.61. The van der Waals surface area contributed by atoms with Gasteiger partial charge in [-0.05, 0) is 49.2 Å². The van der Waals surface area contributed by atoms with Crippen LogP contribution in [0.5, 0.6) is 0 Å². The molecule has 1 amide bonds. The van der Waals surface area contributed by atoms with Crippen molar-refractivity contribution in [2.45, 2.75) is 23.9 Å². The average molecular weight is 462 g/mol.